The number of amides is 1. The normalized spacial score (nSPS) is 17.0. The highest BCUT2D eigenvalue weighted by Gasteiger charge is 2.31. The first kappa shape index (κ1) is 15.6. The molecule has 2 heterocycles. The predicted molar refractivity (Wildman–Crippen MR) is 65.5 cm³/mol. The van der Waals surface area contributed by atoms with Crippen molar-refractivity contribution in [2.45, 2.75) is 19.6 Å². The second kappa shape index (κ2) is 6.33. The van der Waals surface area contributed by atoms with E-state index in [9.17, 15) is 18.0 Å². The largest absolute Gasteiger partial charge is 0.440 e. The summed E-state index contributed by atoms with van der Waals surface area (Å²) in [5.74, 6) is 0.723. The molecule has 0 spiro atoms. The zero-order valence-electron chi connectivity index (χ0n) is 11.5. The van der Waals surface area contributed by atoms with Crippen molar-refractivity contribution in [1.29, 1.82) is 0 Å². The van der Waals surface area contributed by atoms with E-state index in [0.29, 0.717) is 32.7 Å². The van der Waals surface area contributed by atoms with Crippen molar-refractivity contribution >= 4 is 6.09 Å². The number of alkyl halides is 3. The Morgan fingerprint density at radius 2 is 2.05 bits per heavy atom. The molecular weight excluding hydrogens is 291 g/mol. The third-order valence-corrected chi connectivity index (χ3v) is 3.05. The van der Waals surface area contributed by atoms with Crippen molar-refractivity contribution in [2.24, 2.45) is 0 Å². The van der Waals surface area contributed by atoms with Crippen LogP contribution in [-0.4, -0.2) is 60.0 Å². The summed E-state index contributed by atoms with van der Waals surface area (Å²) in [5, 5.41) is 3.78. The van der Waals surface area contributed by atoms with Crippen LogP contribution in [-0.2, 0) is 11.3 Å². The average molecular weight is 307 g/mol. The molecule has 118 valence electrons. The van der Waals surface area contributed by atoms with Gasteiger partial charge in [-0.05, 0) is 6.92 Å². The van der Waals surface area contributed by atoms with Crippen LogP contribution < -0.4 is 0 Å². The molecule has 1 amide bonds. The standard InChI is InChI=1S/C12H16F3N3O3/c1-9-6-10(21-16-9)7-17-2-4-18(5-3-17)11(19)20-8-12(13,14)15/h6H,2-5,7-8H2,1H3. The van der Waals surface area contributed by atoms with Gasteiger partial charge < -0.3 is 14.2 Å². The van der Waals surface area contributed by atoms with E-state index in [1.807, 2.05) is 17.9 Å². The molecule has 1 saturated heterocycles. The minimum Gasteiger partial charge on any atom is -0.440 e. The maximum absolute atomic E-state index is 12.0. The second-order valence-electron chi connectivity index (χ2n) is 4.87. The Labute approximate surface area is 119 Å². The lowest BCUT2D eigenvalue weighted by atomic mass is 10.3. The predicted octanol–water partition coefficient (Wildman–Crippen LogP) is 1.80. The SMILES string of the molecule is Cc1cc(CN2CCN(C(=O)OCC(F)(F)F)CC2)on1. The van der Waals surface area contributed by atoms with Crippen molar-refractivity contribution in [1.82, 2.24) is 15.0 Å². The second-order valence-corrected chi connectivity index (χ2v) is 4.87. The molecule has 0 saturated carbocycles. The van der Waals surface area contributed by atoms with Gasteiger partial charge in [-0.1, -0.05) is 5.16 Å². The van der Waals surface area contributed by atoms with Crippen molar-refractivity contribution in [2.75, 3.05) is 32.8 Å². The lowest BCUT2D eigenvalue weighted by Gasteiger charge is -2.33. The van der Waals surface area contributed by atoms with E-state index in [2.05, 4.69) is 9.89 Å². The van der Waals surface area contributed by atoms with Crippen LogP contribution in [0.4, 0.5) is 18.0 Å². The first-order chi connectivity index (χ1) is 9.83. The maximum Gasteiger partial charge on any atom is 0.422 e. The van der Waals surface area contributed by atoms with Crippen molar-refractivity contribution < 1.29 is 27.2 Å². The number of carbonyl (C=O) groups excluding carboxylic acids is 1. The molecule has 0 bridgehead atoms. The summed E-state index contributed by atoms with van der Waals surface area (Å²) in [7, 11) is 0. The van der Waals surface area contributed by atoms with Gasteiger partial charge in [0.1, 0.15) is 0 Å². The van der Waals surface area contributed by atoms with Crippen LogP contribution in [0.1, 0.15) is 11.5 Å². The highest BCUT2D eigenvalue weighted by Crippen LogP contribution is 2.16. The van der Waals surface area contributed by atoms with E-state index in [-0.39, 0.29) is 0 Å². The van der Waals surface area contributed by atoms with Gasteiger partial charge in [-0.15, -0.1) is 0 Å². The van der Waals surface area contributed by atoms with Gasteiger partial charge in [-0.3, -0.25) is 4.90 Å². The number of ether oxygens (including phenoxy) is 1. The zero-order chi connectivity index (χ0) is 15.5. The van der Waals surface area contributed by atoms with Gasteiger partial charge in [-0.2, -0.15) is 13.2 Å². The molecule has 1 aliphatic rings. The van der Waals surface area contributed by atoms with Crippen LogP contribution in [0.2, 0.25) is 0 Å². The van der Waals surface area contributed by atoms with Crippen molar-refractivity contribution in [3.05, 3.63) is 17.5 Å². The molecule has 0 aromatic carbocycles. The minimum atomic E-state index is -4.50. The molecule has 0 N–H and O–H groups in total. The Bertz CT molecular complexity index is 482. The number of hydrogen-bond acceptors (Lipinski definition) is 5. The third kappa shape index (κ3) is 4.92. The molecule has 0 aliphatic carbocycles. The summed E-state index contributed by atoms with van der Waals surface area (Å²) in [6, 6.07) is 1.82. The fourth-order valence-corrected chi connectivity index (χ4v) is 2.03. The number of aryl methyl sites for hydroxylation is 1. The number of piperazine rings is 1. The maximum atomic E-state index is 12.0. The summed E-state index contributed by atoms with van der Waals surface area (Å²) < 4.78 is 45.2. The molecule has 1 aromatic heterocycles. The van der Waals surface area contributed by atoms with Gasteiger partial charge in [0.15, 0.2) is 12.4 Å². The van der Waals surface area contributed by atoms with Crippen LogP contribution in [0.15, 0.2) is 10.6 Å². The van der Waals surface area contributed by atoms with Gasteiger partial charge in [-0.25, -0.2) is 4.79 Å². The number of aromatic nitrogens is 1. The van der Waals surface area contributed by atoms with E-state index < -0.39 is 18.9 Å². The lowest BCUT2D eigenvalue weighted by Crippen LogP contribution is -2.48. The molecule has 2 rings (SSSR count). The van der Waals surface area contributed by atoms with E-state index in [1.54, 1.807) is 0 Å². The highest BCUT2D eigenvalue weighted by atomic mass is 19.4. The molecule has 9 heteroatoms. The number of nitrogens with zero attached hydrogens (tertiary/aromatic N) is 3. The molecule has 0 unspecified atom stereocenters. The molecule has 1 aromatic rings. The lowest BCUT2D eigenvalue weighted by molar-refractivity contribution is -0.162. The molecule has 0 atom stereocenters. The fourth-order valence-electron chi connectivity index (χ4n) is 2.03. The van der Waals surface area contributed by atoms with E-state index in [0.717, 1.165) is 11.5 Å². The third-order valence-electron chi connectivity index (χ3n) is 3.05. The minimum absolute atomic E-state index is 0.323. The Morgan fingerprint density at radius 3 is 2.57 bits per heavy atom. The number of hydrogen-bond donors (Lipinski definition) is 0. The van der Waals surface area contributed by atoms with Crippen LogP contribution in [0, 0.1) is 6.92 Å². The number of rotatable bonds is 3. The summed E-state index contributed by atoms with van der Waals surface area (Å²) in [5.41, 5.74) is 0.791. The topological polar surface area (TPSA) is 58.8 Å². The summed E-state index contributed by atoms with van der Waals surface area (Å²) in [6.07, 6.45) is -5.43. The monoisotopic (exact) mass is 307 g/mol. The molecule has 21 heavy (non-hydrogen) atoms. The van der Waals surface area contributed by atoms with Crippen LogP contribution in [0.25, 0.3) is 0 Å². The van der Waals surface area contributed by atoms with E-state index in [1.165, 1.54) is 4.90 Å². The van der Waals surface area contributed by atoms with Gasteiger partial charge in [0.25, 0.3) is 0 Å². The van der Waals surface area contributed by atoms with E-state index in [4.69, 9.17) is 4.52 Å². The Morgan fingerprint density at radius 1 is 1.38 bits per heavy atom. The number of halogens is 3. The van der Waals surface area contributed by atoms with Crippen molar-refractivity contribution in [3.8, 4) is 0 Å². The quantitative estimate of drug-likeness (QED) is 0.852. The Balaban J connectivity index is 1.74. The molecular formula is C12H16F3N3O3. The van der Waals surface area contributed by atoms with E-state index >= 15 is 0 Å². The van der Waals surface area contributed by atoms with Crippen molar-refractivity contribution in [3.63, 3.8) is 0 Å². The van der Waals surface area contributed by atoms with Gasteiger partial charge in [0.05, 0.1) is 12.2 Å². The van der Waals surface area contributed by atoms with Gasteiger partial charge >= 0.3 is 12.3 Å². The molecule has 6 nitrogen and oxygen atoms in total. The van der Waals surface area contributed by atoms with Gasteiger partial charge in [0.2, 0.25) is 0 Å². The summed E-state index contributed by atoms with van der Waals surface area (Å²) >= 11 is 0. The summed E-state index contributed by atoms with van der Waals surface area (Å²) in [4.78, 5) is 14.8. The number of carbonyl (C=O) groups is 1. The molecule has 0 radical (unpaired) electrons. The van der Waals surface area contributed by atoms with Crippen LogP contribution in [0.5, 0.6) is 0 Å². The molecule has 1 fully saturated rings. The summed E-state index contributed by atoms with van der Waals surface area (Å²) in [6.45, 7) is 2.56. The smallest absolute Gasteiger partial charge is 0.422 e. The first-order valence-electron chi connectivity index (χ1n) is 6.46. The highest BCUT2D eigenvalue weighted by molar-refractivity contribution is 5.67. The van der Waals surface area contributed by atoms with Crippen LogP contribution >= 0.6 is 0 Å². The Kier molecular flexibility index (Phi) is 4.71. The average Bonchev–Trinajstić information content (AvgIpc) is 2.81. The first-order valence-corrected chi connectivity index (χ1v) is 6.46. The zero-order valence-corrected chi connectivity index (χ0v) is 11.5. The van der Waals surface area contributed by atoms with Crippen LogP contribution in [0.3, 0.4) is 0 Å². The fraction of sp³-hybridized carbons (Fsp3) is 0.667. The Hall–Kier alpha value is -1.77. The van der Waals surface area contributed by atoms with Gasteiger partial charge in [0, 0.05) is 32.2 Å². The molecule has 1 aliphatic heterocycles.